The van der Waals surface area contributed by atoms with Crippen LogP contribution in [0.3, 0.4) is 0 Å². The Balaban J connectivity index is 2.00. The van der Waals surface area contributed by atoms with E-state index in [9.17, 15) is 0 Å². The lowest BCUT2D eigenvalue weighted by Crippen LogP contribution is -2.56. The molecule has 0 bridgehead atoms. The third-order valence-electron chi connectivity index (χ3n) is 2.93. The number of hydrogen-bond acceptors (Lipinski definition) is 3. The summed E-state index contributed by atoms with van der Waals surface area (Å²) in [5.74, 6) is 0. The Labute approximate surface area is 89.7 Å². The van der Waals surface area contributed by atoms with E-state index in [0.29, 0.717) is 12.1 Å². The van der Waals surface area contributed by atoms with E-state index in [1.54, 1.807) is 0 Å². The second-order valence-electron chi connectivity index (χ2n) is 4.05. The molecule has 0 aromatic carbocycles. The first-order valence-corrected chi connectivity index (χ1v) is 6.10. The lowest BCUT2D eigenvalue weighted by molar-refractivity contribution is 0.105. The fraction of sp³-hybridized carbons (Fsp3) is 0.636. The second-order valence-corrected chi connectivity index (χ2v) is 5.25. The highest BCUT2D eigenvalue weighted by molar-refractivity contribution is 7.12. The molecular formula is C11H18N2S. The van der Waals surface area contributed by atoms with Crippen molar-refractivity contribution in [2.45, 2.75) is 32.4 Å². The van der Waals surface area contributed by atoms with Crippen LogP contribution in [-0.2, 0) is 6.42 Å². The van der Waals surface area contributed by atoms with E-state index in [2.05, 4.69) is 30.9 Å². The Morgan fingerprint density at radius 2 is 2.29 bits per heavy atom. The molecule has 14 heavy (non-hydrogen) atoms. The van der Waals surface area contributed by atoms with Crippen molar-refractivity contribution in [3.05, 3.63) is 21.9 Å². The van der Waals surface area contributed by atoms with Crippen molar-refractivity contribution < 1.29 is 0 Å². The Hall–Kier alpha value is -0.380. The topological polar surface area (TPSA) is 29.3 Å². The summed E-state index contributed by atoms with van der Waals surface area (Å²) in [4.78, 5) is 5.40. The van der Waals surface area contributed by atoms with Crippen LogP contribution >= 0.6 is 11.3 Å². The molecule has 2 N–H and O–H groups in total. The van der Waals surface area contributed by atoms with Crippen molar-refractivity contribution in [1.82, 2.24) is 4.90 Å². The van der Waals surface area contributed by atoms with E-state index >= 15 is 0 Å². The van der Waals surface area contributed by atoms with Gasteiger partial charge >= 0.3 is 0 Å². The maximum absolute atomic E-state index is 5.78. The number of nitrogens with two attached hydrogens (primary N) is 1. The van der Waals surface area contributed by atoms with Crippen LogP contribution in [0.1, 0.15) is 29.6 Å². The van der Waals surface area contributed by atoms with Gasteiger partial charge in [0.05, 0.1) is 0 Å². The molecule has 78 valence electrons. The second kappa shape index (κ2) is 4.01. The predicted molar refractivity (Wildman–Crippen MR) is 61.7 cm³/mol. The zero-order chi connectivity index (χ0) is 10.1. The lowest BCUT2D eigenvalue weighted by atomic mass is 10.1. The van der Waals surface area contributed by atoms with Crippen LogP contribution in [0, 0.1) is 0 Å². The fourth-order valence-corrected chi connectivity index (χ4v) is 2.89. The first kappa shape index (κ1) is 10.1. The number of likely N-dealkylation sites (tertiary alicyclic amines) is 1. The normalized spacial score (nSPS) is 20.8. The Bertz CT molecular complexity index is 302. The molecule has 0 spiro atoms. The highest BCUT2D eigenvalue weighted by atomic mass is 32.1. The van der Waals surface area contributed by atoms with Gasteiger partial charge in [0.2, 0.25) is 0 Å². The largest absolute Gasteiger partial charge is 0.325 e. The average Bonchev–Trinajstić information content (AvgIpc) is 2.60. The van der Waals surface area contributed by atoms with Gasteiger partial charge in [-0.25, -0.2) is 0 Å². The molecule has 1 unspecified atom stereocenters. The van der Waals surface area contributed by atoms with E-state index in [1.165, 1.54) is 9.75 Å². The first-order chi connectivity index (χ1) is 6.70. The van der Waals surface area contributed by atoms with E-state index in [4.69, 9.17) is 5.73 Å². The summed E-state index contributed by atoms with van der Waals surface area (Å²) >= 11 is 1.94. The molecule has 0 radical (unpaired) electrons. The number of hydrogen-bond donors (Lipinski definition) is 1. The van der Waals surface area contributed by atoms with Crippen LogP contribution in [0.4, 0.5) is 0 Å². The zero-order valence-corrected chi connectivity index (χ0v) is 9.68. The van der Waals surface area contributed by atoms with Crippen LogP contribution in [-0.4, -0.2) is 24.0 Å². The lowest BCUT2D eigenvalue weighted by Gasteiger charge is -2.40. The number of rotatable bonds is 3. The molecule has 1 atom stereocenters. The van der Waals surface area contributed by atoms with Gasteiger partial charge in [0.25, 0.3) is 0 Å². The third kappa shape index (κ3) is 1.85. The fourth-order valence-electron chi connectivity index (χ4n) is 1.85. The van der Waals surface area contributed by atoms with Gasteiger partial charge < -0.3 is 5.73 Å². The highest BCUT2D eigenvalue weighted by Crippen LogP contribution is 2.30. The smallest absolute Gasteiger partial charge is 0.0414 e. The van der Waals surface area contributed by atoms with Crippen LogP contribution in [0.5, 0.6) is 0 Å². The van der Waals surface area contributed by atoms with Gasteiger partial charge in [0.1, 0.15) is 0 Å². The van der Waals surface area contributed by atoms with Crippen LogP contribution in [0.15, 0.2) is 12.1 Å². The van der Waals surface area contributed by atoms with Crippen molar-refractivity contribution in [1.29, 1.82) is 0 Å². The Morgan fingerprint density at radius 1 is 1.57 bits per heavy atom. The van der Waals surface area contributed by atoms with Gasteiger partial charge in [-0.15, -0.1) is 11.3 Å². The predicted octanol–water partition coefficient (Wildman–Crippen LogP) is 2.01. The molecule has 1 saturated heterocycles. The van der Waals surface area contributed by atoms with Crippen molar-refractivity contribution >= 4 is 11.3 Å². The molecular weight excluding hydrogens is 192 g/mol. The monoisotopic (exact) mass is 210 g/mol. The summed E-state index contributed by atoms with van der Waals surface area (Å²) in [7, 11) is 0. The van der Waals surface area contributed by atoms with Crippen molar-refractivity contribution in [3.63, 3.8) is 0 Å². The first-order valence-electron chi connectivity index (χ1n) is 5.29. The third-order valence-corrected chi connectivity index (χ3v) is 4.33. The molecule has 3 heteroatoms. The standard InChI is InChI=1S/C11H18N2S/c1-3-10-4-5-11(14-10)8(2)13-6-9(12)7-13/h4-5,8-9H,3,6-7,12H2,1-2H3. The summed E-state index contributed by atoms with van der Waals surface area (Å²) < 4.78 is 0. The average molecular weight is 210 g/mol. The van der Waals surface area contributed by atoms with E-state index in [1.807, 2.05) is 11.3 Å². The Kier molecular flexibility index (Phi) is 2.91. The molecule has 1 aliphatic rings. The molecule has 1 aromatic heterocycles. The van der Waals surface area contributed by atoms with Gasteiger partial charge in [0.15, 0.2) is 0 Å². The van der Waals surface area contributed by atoms with Gasteiger partial charge in [-0.2, -0.15) is 0 Å². The summed E-state index contributed by atoms with van der Waals surface area (Å²) in [5.41, 5.74) is 5.78. The minimum absolute atomic E-state index is 0.406. The SMILES string of the molecule is CCc1ccc(C(C)N2CC(N)C2)s1. The maximum atomic E-state index is 5.78. The van der Waals surface area contributed by atoms with Crippen molar-refractivity contribution in [2.75, 3.05) is 13.1 Å². The van der Waals surface area contributed by atoms with E-state index < -0.39 is 0 Å². The molecule has 0 amide bonds. The minimum Gasteiger partial charge on any atom is -0.325 e. The molecule has 2 rings (SSSR count). The van der Waals surface area contributed by atoms with Crippen molar-refractivity contribution in [3.8, 4) is 0 Å². The molecule has 0 aliphatic carbocycles. The molecule has 2 nitrogen and oxygen atoms in total. The summed E-state index contributed by atoms with van der Waals surface area (Å²) in [5, 5.41) is 0. The summed E-state index contributed by atoms with van der Waals surface area (Å²) in [6.45, 7) is 6.60. The molecule has 0 saturated carbocycles. The van der Waals surface area contributed by atoms with Gasteiger partial charge in [-0.1, -0.05) is 6.92 Å². The Morgan fingerprint density at radius 3 is 2.79 bits per heavy atom. The number of aryl methyl sites for hydroxylation is 1. The zero-order valence-electron chi connectivity index (χ0n) is 8.86. The highest BCUT2D eigenvalue weighted by Gasteiger charge is 2.28. The van der Waals surface area contributed by atoms with Crippen LogP contribution in [0.2, 0.25) is 0 Å². The minimum atomic E-state index is 0.406. The van der Waals surface area contributed by atoms with E-state index in [0.717, 1.165) is 19.5 Å². The van der Waals surface area contributed by atoms with Crippen LogP contribution < -0.4 is 5.73 Å². The molecule has 1 aromatic rings. The molecule has 2 heterocycles. The van der Waals surface area contributed by atoms with Gasteiger partial charge in [0, 0.05) is 34.9 Å². The van der Waals surface area contributed by atoms with Crippen molar-refractivity contribution in [2.24, 2.45) is 5.73 Å². The van der Waals surface area contributed by atoms with Gasteiger partial charge in [-0.05, 0) is 25.5 Å². The number of nitrogens with zero attached hydrogens (tertiary/aromatic N) is 1. The summed E-state index contributed by atoms with van der Waals surface area (Å²) in [6.07, 6.45) is 1.15. The van der Waals surface area contributed by atoms with Crippen LogP contribution in [0.25, 0.3) is 0 Å². The summed E-state index contributed by atoms with van der Waals surface area (Å²) in [6, 6.07) is 5.47. The number of thiophene rings is 1. The maximum Gasteiger partial charge on any atom is 0.0414 e. The quantitative estimate of drug-likeness (QED) is 0.827. The van der Waals surface area contributed by atoms with Gasteiger partial charge in [-0.3, -0.25) is 4.90 Å². The van der Waals surface area contributed by atoms with E-state index in [-0.39, 0.29) is 0 Å². The molecule has 1 fully saturated rings. The molecule has 1 aliphatic heterocycles.